The second-order valence-corrected chi connectivity index (χ2v) is 9.84. The van der Waals surface area contributed by atoms with Gasteiger partial charge in [0.1, 0.15) is 12.4 Å². The molecule has 0 saturated heterocycles. The number of hydrogen-bond acceptors (Lipinski definition) is 5. The molecule has 1 N–H and O–H groups in total. The van der Waals surface area contributed by atoms with Crippen LogP contribution in [0.4, 0.5) is 5.69 Å². The minimum absolute atomic E-state index is 0.0900. The van der Waals surface area contributed by atoms with Crippen LogP contribution in [0, 0.1) is 6.92 Å². The normalized spacial score (nSPS) is 13.6. The van der Waals surface area contributed by atoms with Gasteiger partial charge in [-0.05, 0) is 74.2 Å². The Morgan fingerprint density at radius 3 is 2.41 bits per heavy atom. The van der Waals surface area contributed by atoms with E-state index in [0.717, 1.165) is 39.9 Å². The van der Waals surface area contributed by atoms with Gasteiger partial charge in [0.2, 0.25) is 0 Å². The number of ether oxygens (including phenoxy) is 1. The molecule has 0 saturated carbocycles. The van der Waals surface area contributed by atoms with Crippen LogP contribution in [0.1, 0.15) is 51.6 Å². The lowest BCUT2D eigenvalue weighted by Crippen LogP contribution is -2.31. The molecule has 7 heteroatoms. The summed E-state index contributed by atoms with van der Waals surface area (Å²) in [5, 5.41) is 5.29. The van der Waals surface area contributed by atoms with Crippen LogP contribution in [0.2, 0.25) is 5.02 Å². The molecular weight excluding hydrogens is 486 g/mol. The van der Waals surface area contributed by atoms with E-state index in [4.69, 9.17) is 16.3 Å². The maximum atomic E-state index is 12.6. The molecule has 37 heavy (non-hydrogen) atoms. The maximum absolute atomic E-state index is 12.6. The van der Waals surface area contributed by atoms with Crippen molar-refractivity contribution in [2.24, 2.45) is 0 Å². The molecule has 0 aliphatic carbocycles. The first-order valence-corrected chi connectivity index (χ1v) is 12.8. The molecule has 0 fully saturated rings. The van der Waals surface area contributed by atoms with Crippen LogP contribution >= 0.6 is 11.6 Å². The Kier molecular flexibility index (Phi) is 7.10. The third kappa shape index (κ3) is 5.30. The van der Waals surface area contributed by atoms with E-state index in [1.54, 1.807) is 24.3 Å². The molecule has 1 unspecified atom stereocenters. The molecule has 1 aliphatic heterocycles. The first-order chi connectivity index (χ1) is 17.9. The fraction of sp³-hybridized carbons (Fsp3) is 0.233. The molecule has 4 aromatic rings. The first kappa shape index (κ1) is 24.8. The number of amides is 2. The number of carbonyl (C=O) groups excluding carboxylic acids is 2. The van der Waals surface area contributed by atoms with Crippen LogP contribution in [-0.2, 0) is 6.61 Å². The fourth-order valence-electron chi connectivity index (χ4n) is 4.64. The van der Waals surface area contributed by atoms with E-state index >= 15 is 0 Å². The number of aromatic nitrogens is 1. The van der Waals surface area contributed by atoms with Gasteiger partial charge in [-0.1, -0.05) is 35.9 Å². The molecule has 2 amide bonds. The van der Waals surface area contributed by atoms with Gasteiger partial charge in [-0.2, -0.15) is 0 Å². The zero-order chi connectivity index (χ0) is 25.9. The summed E-state index contributed by atoms with van der Waals surface area (Å²) < 4.78 is 6.13. The van der Waals surface area contributed by atoms with Gasteiger partial charge in [0.15, 0.2) is 0 Å². The highest BCUT2D eigenvalue weighted by Gasteiger charge is 2.34. The third-order valence-electron chi connectivity index (χ3n) is 6.65. The zero-order valence-electron chi connectivity index (χ0n) is 20.8. The molecule has 188 valence electrons. The summed E-state index contributed by atoms with van der Waals surface area (Å²) in [6.07, 6.45) is 3.28. The average Bonchev–Trinajstić information content (AvgIpc) is 3.14. The Labute approximate surface area is 221 Å². The molecule has 2 heterocycles. The van der Waals surface area contributed by atoms with E-state index in [1.807, 2.05) is 48.7 Å². The Morgan fingerprint density at radius 2 is 1.70 bits per heavy atom. The molecular formula is C30H28ClN3O3. The molecule has 6 nitrogen and oxygen atoms in total. The quantitative estimate of drug-likeness (QED) is 0.254. The summed E-state index contributed by atoms with van der Waals surface area (Å²) in [6, 6.07) is 20.7. The summed E-state index contributed by atoms with van der Waals surface area (Å²) in [6.45, 7) is 4.96. The van der Waals surface area contributed by atoms with Crippen LogP contribution in [-0.4, -0.2) is 34.3 Å². The lowest BCUT2D eigenvalue weighted by Gasteiger charge is -2.20. The van der Waals surface area contributed by atoms with Gasteiger partial charge in [-0.3, -0.25) is 19.5 Å². The van der Waals surface area contributed by atoms with E-state index in [0.29, 0.717) is 35.7 Å². The number of rotatable bonds is 9. The Bertz CT molecular complexity index is 1430. The van der Waals surface area contributed by atoms with E-state index in [-0.39, 0.29) is 17.9 Å². The predicted molar refractivity (Wildman–Crippen MR) is 146 cm³/mol. The van der Waals surface area contributed by atoms with Gasteiger partial charge >= 0.3 is 0 Å². The second kappa shape index (κ2) is 10.6. The number of anilines is 1. The molecule has 1 aromatic heterocycles. The first-order valence-electron chi connectivity index (χ1n) is 12.4. The van der Waals surface area contributed by atoms with E-state index < -0.39 is 0 Å². The minimum atomic E-state index is -0.211. The smallest absolute Gasteiger partial charge is 0.261 e. The highest BCUT2D eigenvalue weighted by atomic mass is 35.5. The van der Waals surface area contributed by atoms with E-state index in [9.17, 15) is 9.59 Å². The van der Waals surface area contributed by atoms with Crippen molar-refractivity contribution < 1.29 is 14.3 Å². The summed E-state index contributed by atoms with van der Waals surface area (Å²) in [5.74, 6) is 0.328. The number of nitrogens with one attached hydrogen (secondary N) is 1. The Hall–Kier alpha value is -3.90. The third-order valence-corrected chi connectivity index (χ3v) is 6.91. The fourth-order valence-corrected chi connectivity index (χ4v) is 4.76. The Balaban J connectivity index is 1.26. The number of hydrogen-bond donors (Lipinski definition) is 1. The molecule has 1 aliphatic rings. The van der Waals surface area contributed by atoms with Gasteiger partial charge in [-0.15, -0.1) is 0 Å². The number of halogens is 1. The van der Waals surface area contributed by atoms with Gasteiger partial charge in [0.25, 0.3) is 11.8 Å². The summed E-state index contributed by atoms with van der Waals surface area (Å²) in [4.78, 5) is 31.2. The number of carbonyl (C=O) groups is 2. The van der Waals surface area contributed by atoms with Gasteiger partial charge in [0.05, 0.1) is 22.3 Å². The van der Waals surface area contributed by atoms with Gasteiger partial charge in [-0.25, -0.2) is 0 Å². The monoisotopic (exact) mass is 513 g/mol. The zero-order valence-corrected chi connectivity index (χ0v) is 21.6. The number of fused-ring (bicyclic) bond motifs is 2. The van der Waals surface area contributed by atoms with Crippen molar-refractivity contribution in [3.63, 3.8) is 0 Å². The van der Waals surface area contributed by atoms with Gasteiger partial charge < -0.3 is 10.1 Å². The van der Waals surface area contributed by atoms with Crippen LogP contribution in [0.15, 0.2) is 72.9 Å². The number of imide groups is 1. The molecule has 5 rings (SSSR count). The van der Waals surface area contributed by atoms with Crippen molar-refractivity contribution >= 4 is 40.0 Å². The number of pyridine rings is 1. The maximum Gasteiger partial charge on any atom is 0.261 e. The molecule has 0 radical (unpaired) electrons. The summed E-state index contributed by atoms with van der Waals surface area (Å²) in [5.41, 5.74) is 4.89. The standard InChI is InChI=1S/C30H28ClN3O3/c1-19-13-14-32-28-26(19)16-23(37-18-21-9-11-22(31)12-10-21)17-27(28)33-20(2)6-5-15-34-29(35)24-7-3-4-8-25(24)30(34)36/h3-4,7-14,16-17,20,33H,5-6,15,18H2,1-2H3. The largest absolute Gasteiger partial charge is 0.489 e. The highest BCUT2D eigenvalue weighted by Crippen LogP contribution is 2.31. The topological polar surface area (TPSA) is 71.5 Å². The van der Waals surface area contributed by atoms with Crippen molar-refractivity contribution in [2.75, 3.05) is 11.9 Å². The van der Waals surface area contributed by atoms with Crippen molar-refractivity contribution in [1.29, 1.82) is 0 Å². The minimum Gasteiger partial charge on any atom is -0.489 e. The van der Waals surface area contributed by atoms with Crippen molar-refractivity contribution in [3.05, 3.63) is 100 Å². The lowest BCUT2D eigenvalue weighted by molar-refractivity contribution is 0.0651. The SMILES string of the molecule is Cc1ccnc2c(NC(C)CCCN3C(=O)c4ccccc4C3=O)cc(OCc3ccc(Cl)cc3)cc12. The Morgan fingerprint density at radius 1 is 1.00 bits per heavy atom. The molecule has 0 bridgehead atoms. The van der Waals surface area contributed by atoms with E-state index in [1.165, 1.54) is 4.90 Å². The van der Waals surface area contributed by atoms with Crippen LogP contribution in [0.5, 0.6) is 5.75 Å². The highest BCUT2D eigenvalue weighted by molar-refractivity contribution is 6.30. The van der Waals surface area contributed by atoms with Gasteiger partial charge in [0, 0.05) is 35.3 Å². The van der Waals surface area contributed by atoms with Crippen LogP contribution in [0.3, 0.4) is 0 Å². The van der Waals surface area contributed by atoms with Crippen molar-refractivity contribution in [3.8, 4) is 5.75 Å². The lowest BCUT2D eigenvalue weighted by atomic mass is 10.1. The van der Waals surface area contributed by atoms with Crippen LogP contribution in [0.25, 0.3) is 10.9 Å². The predicted octanol–water partition coefficient (Wildman–Crippen LogP) is 6.65. The average molecular weight is 514 g/mol. The summed E-state index contributed by atoms with van der Waals surface area (Å²) in [7, 11) is 0. The summed E-state index contributed by atoms with van der Waals surface area (Å²) >= 11 is 6.00. The van der Waals surface area contributed by atoms with Crippen LogP contribution < -0.4 is 10.1 Å². The van der Waals surface area contributed by atoms with Crippen molar-refractivity contribution in [2.45, 2.75) is 39.3 Å². The molecule has 1 atom stereocenters. The van der Waals surface area contributed by atoms with E-state index in [2.05, 4.69) is 24.1 Å². The van der Waals surface area contributed by atoms with Crippen molar-refractivity contribution in [1.82, 2.24) is 9.88 Å². The number of aryl methyl sites for hydroxylation is 1. The molecule has 0 spiro atoms. The number of benzene rings is 3. The number of nitrogens with zero attached hydrogens (tertiary/aromatic N) is 2. The second-order valence-electron chi connectivity index (χ2n) is 9.41. The molecule has 3 aromatic carbocycles.